The molecule has 41 heavy (non-hydrogen) atoms. The fourth-order valence-electron chi connectivity index (χ4n) is 5.02. The van der Waals surface area contributed by atoms with Gasteiger partial charge in [-0.15, -0.1) is 6.58 Å². The van der Waals surface area contributed by atoms with Gasteiger partial charge in [-0.25, -0.2) is 0 Å². The lowest BCUT2D eigenvalue weighted by Gasteiger charge is -2.20. The minimum absolute atomic E-state index is 0.0204. The Morgan fingerprint density at radius 3 is 2.66 bits per heavy atom. The Morgan fingerprint density at radius 1 is 1.07 bits per heavy atom. The van der Waals surface area contributed by atoms with E-state index in [9.17, 15) is 4.79 Å². The van der Waals surface area contributed by atoms with Crippen LogP contribution in [-0.2, 0) is 17.8 Å². The fourth-order valence-corrected chi connectivity index (χ4v) is 6.24. The van der Waals surface area contributed by atoms with Crippen molar-refractivity contribution in [3.8, 4) is 5.75 Å². The molecule has 1 aromatic heterocycles. The highest BCUT2D eigenvalue weighted by Crippen LogP contribution is 2.34. The molecule has 0 saturated heterocycles. The van der Waals surface area contributed by atoms with Gasteiger partial charge in [0.2, 0.25) is 5.17 Å². The summed E-state index contributed by atoms with van der Waals surface area (Å²) < 4.78 is 8.35. The van der Waals surface area contributed by atoms with E-state index in [1.807, 2.05) is 73.7 Å². The number of hydrazone groups is 1. The van der Waals surface area contributed by atoms with Crippen molar-refractivity contribution in [3.63, 3.8) is 0 Å². The molecule has 9 heteroatoms. The number of benzene rings is 3. The number of aromatic nitrogens is 1. The first-order valence-electron chi connectivity index (χ1n) is 13.1. The van der Waals surface area contributed by atoms with Gasteiger partial charge in [-0.3, -0.25) is 10.2 Å². The number of hydrogen-bond acceptors (Lipinski definition) is 5. The van der Waals surface area contributed by atoms with E-state index in [1.165, 1.54) is 16.8 Å². The van der Waals surface area contributed by atoms with Crippen LogP contribution in [0.15, 0.2) is 101 Å². The van der Waals surface area contributed by atoms with Gasteiger partial charge in [0.25, 0.3) is 5.91 Å². The molecule has 2 aliphatic heterocycles. The number of halogens is 1. The zero-order valence-corrected chi connectivity index (χ0v) is 23.9. The van der Waals surface area contributed by atoms with Gasteiger partial charge in [0, 0.05) is 27.7 Å². The SMILES string of the molecule is C=CCc1ccccc1OCCn1c(C)c(/C=C2/C(=N)N3N=C(c4ccccc4Cl)SC3=NC2=O)c2ccccc21. The molecule has 2 aliphatic rings. The number of nitrogens with one attached hydrogen (secondary N) is 1. The van der Waals surface area contributed by atoms with Crippen molar-refractivity contribution < 1.29 is 9.53 Å². The Kier molecular flexibility index (Phi) is 7.34. The van der Waals surface area contributed by atoms with E-state index in [-0.39, 0.29) is 11.4 Å². The molecule has 3 heterocycles. The molecule has 6 rings (SSSR count). The third-order valence-electron chi connectivity index (χ3n) is 7.04. The lowest BCUT2D eigenvalue weighted by molar-refractivity contribution is -0.114. The van der Waals surface area contributed by atoms with Gasteiger partial charge >= 0.3 is 0 Å². The number of carbonyl (C=O) groups is 1. The van der Waals surface area contributed by atoms with Crippen molar-refractivity contribution in [2.45, 2.75) is 19.9 Å². The second-order valence-corrected chi connectivity index (χ2v) is 10.9. The topological polar surface area (TPSA) is 83.0 Å². The lowest BCUT2D eigenvalue weighted by atomic mass is 10.1. The highest BCUT2D eigenvalue weighted by Gasteiger charge is 2.36. The number of nitrogens with zero attached hydrogens (tertiary/aromatic N) is 4. The van der Waals surface area contributed by atoms with Crippen LogP contribution in [0.25, 0.3) is 17.0 Å². The lowest BCUT2D eigenvalue weighted by Crippen LogP contribution is -2.35. The van der Waals surface area contributed by atoms with Crippen LogP contribution in [0.2, 0.25) is 5.02 Å². The maximum absolute atomic E-state index is 13.2. The van der Waals surface area contributed by atoms with Crippen LogP contribution in [0, 0.1) is 12.3 Å². The molecule has 1 N–H and O–H groups in total. The van der Waals surface area contributed by atoms with Crippen molar-refractivity contribution in [2.75, 3.05) is 6.61 Å². The van der Waals surface area contributed by atoms with Gasteiger partial charge in [0.15, 0.2) is 5.84 Å². The van der Waals surface area contributed by atoms with Crippen LogP contribution >= 0.6 is 23.4 Å². The molecule has 7 nitrogen and oxygen atoms in total. The molecule has 0 fully saturated rings. The number of thioether (sulfide) groups is 1. The summed E-state index contributed by atoms with van der Waals surface area (Å²) in [4.78, 5) is 17.4. The fraction of sp³-hybridized carbons (Fsp3) is 0.125. The van der Waals surface area contributed by atoms with E-state index in [0.29, 0.717) is 28.4 Å². The third kappa shape index (κ3) is 5.01. The summed E-state index contributed by atoms with van der Waals surface area (Å²) >= 11 is 7.60. The molecule has 4 aromatic rings. The summed E-state index contributed by atoms with van der Waals surface area (Å²) in [6.07, 6.45) is 4.36. The van der Waals surface area contributed by atoms with Crippen LogP contribution in [0.1, 0.15) is 22.4 Å². The first-order valence-corrected chi connectivity index (χ1v) is 14.3. The van der Waals surface area contributed by atoms with Crippen molar-refractivity contribution in [1.29, 1.82) is 5.41 Å². The van der Waals surface area contributed by atoms with E-state index < -0.39 is 5.91 Å². The van der Waals surface area contributed by atoms with Gasteiger partial charge in [-0.2, -0.15) is 15.1 Å². The molecule has 204 valence electrons. The normalized spacial score (nSPS) is 15.8. The molecule has 0 bridgehead atoms. The molecule has 0 aliphatic carbocycles. The minimum Gasteiger partial charge on any atom is -0.491 e. The van der Waals surface area contributed by atoms with Gasteiger partial charge in [-0.05, 0) is 54.9 Å². The van der Waals surface area contributed by atoms with Crippen LogP contribution in [0.3, 0.4) is 0 Å². The maximum Gasteiger partial charge on any atom is 0.283 e. The minimum atomic E-state index is -0.470. The molecule has 0 radical (unpaired) electrons. The molecular formula is C32H26ClN5O2S. The Bertz CT molecular complexity index is 1820. The van der Waals surface area contributed by atoms with Crippen LogP contribution in [0.5, 0.6) is 5.75 Å². The first kappa shape index (κ1) is 26.8. The average molecular weight is 580 g/mol. The van der Waals surface area contributed by atoms with Crippen molar-refractivity contribution >= 4 is 62.3 Å². The number of fused-ring (bicyclic) bond motifs is 2. The number of para-hydroxylation sites is 2. The number of ether oxygens (including phenoxy) is 1. The van der Waals surface area contributed by atoms with E-state index >= 15 is 0 Å². The van der Waals surface area contributed by atoms with E-state index in [4.69, 9.17) is 21.7 Å². The summed E-state index contributed by atoms with van der Waals surface area (Å²) in [7, 11) is 0. The highest BCUT2D eigenvalue weighted by molar-refractivity contribution is 8.27. The second-order valence-electron chi connectivity index (χ2n) is 9.52. The number of carbonyl (C=O) groups excluding carboxylic acids is 1. The van der Waals surface area contributed by atoms with Crippen molar-refractivity contribution in [3.05, 3.63) is 118 Å². The molecule has 0 saturated carbocycles. The zero-order valence-electron chi connectivity index (χ0n) is 22.3. The summed E-state index contributed by atoms with van der Waals surface area (Å²) in [5.74, 6) is 0.356. The summed E-state index contributed by atoms with van der Waals surface area (Å²) in [6, 6.07) is 23.4. The smallest absolute Gasteiger partial charge is 0.283 e. The van der Waals surface area contributed by atoms with Crippen molar-refractivity contribution in [1.82, 2.24) is 9.58 Å². The number of aliphatic imine (C=N–C) groups is 1. The van der Waals surface area contributed by atoms with Gasteiger partial charge in [-0.1, -0.05) is 72.3 Å². The highest BCUT2D eigenvalue weighted by atomic mass is 35.5. The summed E-state index contributed by atoms with van der Waals surface area (Å²) in [5, 5.41) is 17.3. The quantitative estimate of drug-likeness (QED) is 0.179. The standard InChI is InChI=1S/C32H26ClN5O2S/c1-3-10-21-11-4-9-16-28(21)40-18-17-37-20(2)24(22-12-6-8-15-27(22)37)19-25-29(34)38-32(35-30(25)39)41-31(36-38)23-13-5-7-14-26(23)33/h3-9,11-16,19,34H,1,10,17-18H2,2H3/b25-19-,34-29?. The number of allylic oxidation sites excluding steroid dienone is 1. The number of amides is 1. The average Bonchev–Trinajstić information content (AvgIpc) is 3.51. The first-order chi connectivity index (χ1) is 20.0. The molecule has 0 atom stereocenters. The molecular weight excluding hydrogens is 554 g/mol. The van der Waals surface area contributed by atoms with E-state index in [0.717, 1.165) is 45.5 Å². The number of rotatable bonds is 8. The van der Waals surface area contributed by atoms with Gasteiger partial charge in [0.1, 0.15) is 17.4 Å². The number of amidine groups is 2. The molecule has 1 amide bonds. The van der Waals surface area contributed by atoms with Crippen LogP contribution < -0.4 is 4.74 Å². The Morgan fingerprint density at radius 2 is 1.83 bits per heavy atom. The zero-order chi connectivity index (χ0) is 28.5. The Balaban J connectivity index is 1.31. The molecule has 0 spiro atoms. The predicted molar refractivity (Wildman–Crippen MR) is 168 cm³/mol. The Hall–Kier alpha value is -4.40. The van der Waals surface area contributed by atoms with Crippen molar-refractivity contribution in [2.24, 2.45) is 10.1 Å². The van der Waals surface area contributed by atoms with E-state index in [2.05, 4.69) is 27.3 Å². The summed E-state index contributed by atoms with van der Waals surface area (Å²) in [5.41, 5.74) is 4.86. The van der Waals surface area contributed by atoms with E-state index in [1.54, 1.807) is 12.1 Å². The van der Waals surface area contributed by atoms with Gasteiger partial charge in [0.05, 0.1) is 17.1 Å². The monoisotopic (exact) mass is 579 g/mol. The van der Waals surface area contributed by atoms with Crippen LogP contribution in [-0.4, -0.2) is 38.1 Å². The predicted octanol–water partition coefficient (Wildman–Crippen LogP) is 7.08. The second kappa shape index (κ2) is 11.2. The van der Waals surface area contributed by atoms with Gasteiger partial charge < -0.3 is 9.30 Å². The Labute approximate surface area is 247 Å². The maximum atomic E-state index is 13.2. The largest absolute Gasteiger partial charge is 0.491 e. The third-order valence-corrected chi connectivity index (χ3v) is 8.31. The van der Waals surface area contributed by atoms with Crippen LogP contribution in [0.4, 0.5) is 0 Å². The number of hydrogen-bond donors (Lipinski definition) is 1. The molecule has 0 unspecified atom stereocenters. The molecule has 3 aromatic carbocycles. The summed E-state index contributed by atoms with van der Waals surface area (Å²) in [6.45, 7) is 6.94.